The van der Waals surface area contributed by atoms with Crippen LogP contribution in [0, 0.1) is 0 Å². The van der Waals surface area contributed by atoms with Crippen molar-refractivity contribution in [1.29, 1.82) is 0 Å². The second-order valence-corrected chi connectivity index (χ2v) is 3.00. The minimum absolute atomic E-state index is 0.889. The highest BCUT2D eigenvalue weighted by Gasteiger charge is 1.92. The van der Waals surface area contributed by atoms with E-state index in [2.05, 4.69) is 15.5 Å². The minimum Gasteiger partial charge on any atom is -0.379 e. The standard InChI is InChI=1S/C7H8N2.C4H9NO/c1-8-9-7-5-3-2-4-6-7;1-3-6-4-2-5-1/h2-6H,1H3;5H,1-4H2/b9-8+;. The summed E-state index contributed by atoms with van der Waals surface area (Å²) < 4.78 is 5.01. The number of nitrogens with one attached hydrogen (secondary N) is 1. The van der Waals surface area contributed by atoms with Gasteiger partial charge in [-0.25, -0.2) is 0 Å². The van der Waals surface area contributed by atoms with Gasteiger partial charge in [-0.3, -0.25) is 0 Å². The summed E-state index contributed by atoms with van der Waals surface area (Å²) in [6.45, 7) is 3.83. The van der Waals surface area contributed by atoms with Gasteiger partial charge in [0.15, 0.2) is 0 Å². The van der Waals surface area contributed by atoms with Crippen molar-refractivity contribution < 1.29 is 4.74 Å². The van der Waals surface area contributed by atoms with E-state index in [1.807, 2.05) is 30.3 Å². The molecule has 0 radical (unpaired) electrons. The van der Waals surface area contributed by atoms with E-state index < -0.39 is 0 Å². The summed E-state index contributed by atoms with van der Waals surface area (Å²) in [5, 5.41) is 10.6. The van der Waals surface area contributed by atoms with Gasteiger partial charge in [0.05, 0.1) is 18.9 Å². The predicted octanol–water partition coefficient (Wildman–Crippen LogP) is 2.01. The Morgan fingerprint density at radius 3 is 2.20 bits per heavy atom. The summed E-state index contributed by atoms with van der Waals surface area (Å²) in [6.07, 6.45) is 0. The monoisotopic (exact) mass is 207 g/mol. The molecular formula is C11H17N3O. The molecule has 0 saturated carbocycles. The normalized spacial score (nSPS) is 15.8. The van der Waals surface area contributed by atoms with Crippen molar-refractivity contribution in [1.82, 2.24) is 5.32 Å². The Bertz CT molecular complexity index is 259. The molecular weight excluding hydrogens is 190 g/mol. The van der Waals surface area contributed by atoms with Crippen LogP contribution in [-0.2, 0) is 4.74 Å². The Balaban J connectivity index is 0.000000162. The molecule has 0 aliphatic carbocycles. The molecule has 1 heterocycles. The van der Waals surface area contributed by atoms with E-state index in [9.17, 15) is 0 Å². The summed E-state index contributed by atoms with van der Waals surface area (Å²) in [5.41, 5.74) is 0.903. The molecule has 1 aromatic carbocycles. The summed E-state index contributed by atoms with van der Waals surface area (Å²) in [7, 11) is 1.66. The van der Waals surface area contributed by atoms with Gasteiger partial charge in [0.2, 0.25) is 0 Å². The van der Waals surface area contributed by atoms with E-state index in [0.29, 0.717) is 0 Å². The zero-order chi connectivity index (χ0) is 10.8. The molecule has 82 valence electrons. The van der Waals surface area contributed by atoms with E-state index in [1.54, 1.807) is 7.05 Å². The van der Waals surface area contributed by atoms with Gasteiger partial charge in [0.25, 0.3) is 0 Å². The third kappa shape index (κ3) is 5.93. The topological polar surface area (TPSA) is 46.0 Å². The zero-order valence-electron chi connectivity index (χ0n) is 9.02. The lowest BCUT2D eigenvalue weighted by Crippen LogP contribution is -2.30. The molecule has 1 aliphatic heterocycles. The van der Waals surface area contributed by atoms with Crippen LogP contribution >= 0.6 is 0 Å². The van der Waals surface area contributed by atoms with Crippen LogP contribution in [0.1, 0.15) is 0 Å². The third-order valence-corrected chi connectivity index (χ3v) is 1.82. The second-order valence-electron chi connectivity index (χ2n) is 3.00. The van der Waals surface area contributed by atoms with E-state index >= 15 is 0 Å². The van der Waals surface area contributed by atoms with Crippen molar-refractivity contribution >= 4 is 5.69 Å². The molecule has 15 heavy (non-hydrogen) atoms. The lowest BCUT2D eigenvalue weighted by Gasteiger charge is -2.10. The van der Waals surface area contributed by atoms with Gasteiger partial charge in [-0.05, 0) is 12.1 Å². The highest BCUT2D eigenvalue weighted by molar-refractivity contribution is 5.34. The van der Waals surface area contributed by atoms with E-state index in [-0.39, 0.29) is 0 Å². The third-order valence-electron chi connectivity index (χ3n) is 1.82. The molecule has 1 fully saturated rings. The summed E-state index contributed by atoms with van der Waals surface area (Å²) in [5.74, 6) is 0. The average Bonchev–Trinajstić information content (AvgIpc) is 2.34. The molecule has 1 aromatic rings. The molecule has 2 rings (SSSR count). The van der Waals surface area contributed by atoms with E-state index in [0.717, 1.165) is 32.0 Å². The van der Waals surface area contributed by atoms with Crippen LogP contribution in [-0.4, -0.2) is 33.4 Å². The molecule has 0 bridgehead atoms. The van der Waals surface area contributed by atoms with Crippen molar-refractivity contribution in [3.05, 3.63) is 30.3 Å². The number of nitrogens with zero attached hydrogens (tertiary/aromatic N) is 2. The molecule has 0 spiro atoms. The number of hydrogen-bond acceptors (Lipinski definition) is 4. The number of morpholine rings is 1. The summed E-state index contributed by atoms with van der Waals surface area (Å²) in [6, 6.07) is 9.64. The largest absolute Gasteiger partial charge is 0.379 e. The highest BCUT2D eigenvalue weighted by atomic mass is 16.5. The summed E-state index contributed by atoms with van der Waals surface area (Å²) >= 11 is 0. The van der Waals surface area contributed by atoms with Crippen LogP contribution in [0.25, 0.3) is 0 Å². The van der Waals surface area contributed by atoms with Crippen molar-refractivity contribution in [2.75, 3.05) is 33.4 Å². The maximum Gasteiger partial charge on any atom is 0.0852 e. The van der Waals surface area contributed by atoms with Crippen molar-refractivity contribution in [3.8, 4) is 0 Å². The Morgan fingerprint density at radius 2 is 1.80 bits per heavy atom. The van der Waals surface area contributed by atoms with Crippen LogP contribution < -0.4 is 5.32 Å². The first-order valence-corrected chi connectivity index (χ1v) is 5.07. The van der Waals surface area contributed by atoms with Gasteiger partial charge in [0.1, 0.15) is 0 Å². The van der Waals surface area contributed by atoms with Crippen LogP contribution in [0.5, 0.6) is 0 Å². The molecule has 4 heteroatoms. The van der Waals surface area contributed by atoms with Gasteiger partial charge < -0.3 is 10.1 Å². The Labute approximate surface area is 90.4 Å². The van der Waals surface area contributed by atoms with Gasteiger partial charge >= 0.3 is 0 Å². The summed E-state index contributed by atoms with van der Waals surface area (Å²) in [4.78, 5) is 0. The van der Waals surface area contributed by atoms with Gasteiger partial charge in [-0.2, -0.15) is 10.2 Å². The maximum atomic E-state index is 5.01. The van der Waals surface area contributed by atoms with Crippen LogP contribution in [0.15, 0.2) is 40.6 Å². The number of azo groups is 1. The lowest BCUT2D eigenvalue weighted by atomic mass is 10.3. The number of rotatable bonds is 1. The van der Waals surface area contributed by atoms with Crippen LogP contribution in [0.2, 0.25) is 0 Å². The van der Waals surface area contributed by atoms with Gasteiger partial charge in [0, 0.05) is 20.1 Å². The van der Waals surface area contributed by atoms with Crippen molar-refractivity contribution in [3.63, 3.8) is 0 Å². The molecule has 0 atom stereocenters. The van der Waals surface area contributed by atoms with Crippen molar-refractivity contribution in [2.24, 2.45) is 10.2 Å². The first-order chi connectivity index (χ1) is 7.43. The van der Waals surface area contributed by atoms with Crippen molar-refractivity contribution in [2.45, 2.75) is 0 Å². The molecule has 0 aromatic heterocycles. The molecule has 4 nitrogen and oxygen atoms in total. The molecule has 1 saturated heterocycles. The van der Waals surface area contributed by atoms with E-state index in [4.69, 9.17) is 4.74 Å². The fourth-order valence-electron chi connectivity index (χ4n) is 1.13. The molecule has 1 N–H and O–H groups in total. The first kappa shape index (κ1) is 11.8. The fraction of sp³-hybridized carbons (Fsp3) is 0.455. The van der Waals surface area contributed by atoms with E-state index in [1.165, 1.54) is 0 Å². The van der Waals surface area contributed by atoms with Gasteiger partial charge in [-0.1, -0.05) is 18.2 Å². The first-order valence-electron chi connectivity index (χ1n) is 5.07. The SMILES string of the molecule is C/N=N/c1ccccc1.C1COCCN1. The number of ether oxygens (including phenoxy) is 1. The second kappa shape index (κ2) is 8.08. The zero-order valence-corrected chi connectivity index (χ0v) is 9.02. The Hall–Kier alpha value is -1.26. The predicted molar refractivity (Wildman–Crippen MR) is 60.6 cm³/mol. The number of hydrogen-bond donors (Lipinski definition) is 1. The van der Waals surface area contributed by atoms with Crippen LogP contribution in [0.3, 0.4) is 0 Å². The average molecular weight is 207 g/mol. The highest BCUT2D eigenvalue weighted by Crippen LogP contribution is 2.08. The Kier molecular flexibility index (Phi) is 6.36. The number of benzene rings is 1. The lowest BCUT2D eigenvalue weighted by molar-refractivity contribution is 0.109. The van der Waals surface area contributed by atoms with Gasteiger partial charge in [-0.15, -0.1) is 0 Å². The molecule has 0 amide bonds. The molecule has 1 aliphatic rings. The minimum atomic E-state index is 0.889. The van der Waals surface area contributed by atoms with Crippen LogP contribution in [0.4, 0.5) is 5.69 Å². The maximum absolute atomic E-state index is 5.01. The molecule has 0 unspecified atom stereocenters. The fourth-order valence-corrected chi connectivity index (χ4v) is 1.13. The Morgan fingerprint density at radius 1 is 1.13 bits per heavy atom. The quantitative estimate of drug-likeness (QED) is 0.716. The smallest absolute Gasteiger partial charge is 0.0852 e.